The lowest BCUT2D eigenvalue weighted by Crippen LogP contribution is -2.45. The minimum atomic E-state index is -0.238. The lowest BCUT2D eigenvalue weighted by molar-refractivity contribution is 0.0925. The largest absolute Gasteiger partial charge is 0.348 e. The summed E-state index contributed by atoms with van der Waals surface area (Å²) in [5, 5.41) is 8.66. The fraction of sp³-hybridized carbons (Fsp3) is 0.409. The summed E-state index contributed by atoms with van der Waals surface area (Å²) in [6.45, 7) is 6.06. The number of fused-ring (bicyclic) bond motifs is 1. The van der Waals surface area contributed by atoms with Gasteiger partial charge in [-0.1, -0.05) is 32.0 Å². The first-order valence-electron chi connectivity index (χ1n) is 10.4. The molecule has 0 radical (unpaired) electrons. The molecule has 1 aliphatic heterocycles. The second-order valence-corrected chi connectivity index (χ2v) is 8.06. The molecule has 8 nitrogen and oxygen atoms in total. The molecule has 0 atom stereocenters. The van der Waals surface area contributed by atoms with Crippen LogP contribution in [0.2, 0.25) is 0 Å². The van der Waals surface area contributed by atoms with E-state index in [4.69, 9.17) is 0 Å². The van der Waals surface area contributed by atoms with E-state index in [1.807, 2.05) is 26.0 Å². The average molecular weight is 406 g/mol. The molecule has 0 unspecified atom stereocenters. The first-order chi connectivity index (χ1) is 14.5. The minimum absolute atomic E-state index is 0.0449. The van der Waals surface area contributed by atoms with Crippen molar-refractivity contribution in [1.29, 1.82) is 0 Å². The van der Waals surface area contributed by atoms with Crippen LogP contribution in [0, 0.1) is 5.92 Å². The number of aromatic nitrogens is 4. The predicted molar refractivity (Wildman–Crippen MR) is 116 cm³/mol. The average Bonchev–Trinajstić information content (AvgIpc) is 2.76. The maximum Gasteiger partial charge on any atom is 0.274 e. The van der Waals surface area contributed by atoms with Crippen molar-refractivity contribution in [1.82, 2.24) is 25.1 Å². The van der Waals surface area contributed by atoms with Gasteiger partial charge in [0.05, 0.1) is 5.39 Å². The van der Waals surface area contributed by atoms with Gasteiger partial charge in [-0.3, -0.25) is 9.59 Å². The molecule has 1 fully saturated rings. The number of benzene rings is 1. The van der Waals surface area contributed by atoms with Crippen LogP contribution in [0.15, 0.2) is 47.5 Å². The van der Waals surface area contributed by atoms with Gasteiger partial charge < -0.3 is 10.2 Å². The molecule has 30 heavy (non-hydrogen) atoms. The standard InChI is InChI=1S/C22H26N6O2/c1-15(2)14-28-21(30)18-7-4-3-6-17(18)19(26-28)20(29)25-16-8-12-27(13-9-16)22-23-10-5-11-24-22/h3-7,10-11,15-16H,8-9,12-14H2,1-2H3,(H,25,29). The van der Waals surface area contributed by atoms with Crippen LogP contribution in [0.5, 0.6) is 0 Å². The van der Waals surface area contributed by atoms with E-state index < -0.39 is 0 Å². The number of amides is 1. The van der Waals surface area contributed by atoms with Gasteiger partial charge in [-0.15, -0.1) is 0 Å². The number of hydrogen-bond donors (Lipinski definition) is 1. The number of nitrogens with zero attached hydrogens (tertiary/aromatic N) is 5. The highest BCUT2D eigenvalue weighted by molar-refractivity contribution is 6.04. The van der Waals surface area contributed by atoms with Gasteiger partial charge in [0.15, 0.2) is 5.69 Å². The van der Waals surface area contributed by atoms with Gasteiger partial charge in [0.25, 0.3) is 11.5 Å². The third kappa shape index (κ3) is 4.17. The zero-order valence-electron chi connectivity index (χ0n) is 17.3. The number of hydrogen-bond acceptors (Lipinski definition) is 6. The highest BCUT2D eigenvalue weighted by Gasteiger charge is 2.24. The highest BCUT2D eigenvalue weighted by atomic mass is 16.2. The summed E-state index contributed by atoms with van der Waals surface area (Å²) < 4.78 is 1.41. The van der Waals surface area contributed by atoms with Gasteiger partial charge in [-0.25, -0.2) is 14.6 Å². The van der Waals surface area contributed by atoms with Gasteiger partial charge in [-0.05, 0) is 30.9 Å². The molecule has 3 aromatic rings. The lowest BCUT2D eigenvalue weighted by Gasteiger charge is -2.32. The normalized spacial score (nSPS) is 15.0. The summed E-state index contributed by atoms with van der Waals surface area (Å²) in [5.41, 5.74) is 0.145. The fourth-order valence-corrected chi connectivity index (χ4v) is 3.80. The molecule has 1 amide bonds. The summed E-state index contributed by atoms with van der Waals surface area (Å²) in [5.74, 6) is 0.727. The van der Waals surface area contributed by atoms with Crippen molar-refractivity contribution in [2.75, 3.05) is 18.0 Å². The van der Waals surface area contributed by atoms with Crippen LogP contribution < -0.4 is 15.8 Å². The maximum absolute atomic E-state index is 13.1. The Bertz CT molecular complexity index is 1090. The van der Waals surface area contributed by atoms with Crippen LogP contribution in [0.4, 0.5) is 5.95 Å². The van der Waals surface area contributed by atoms with Crippen molar-refractivity contribution in [3.63, 3.8) is 0 Å². The molecule has 156 valence electrons. The molecule has 0 bridgehead atoms. The first kappa shape index (κ1) is 20.0. The summed E-state index contributed by atoms with van der Waals surface area (Å²) in [6, 6.07) is 9.02. The number of carbonyl (C=O) groups is 1. The van der Waals surface area contributed by atoms with Gasteiger partial charge in [0.1, 0.15) is 0 Å². The number of nitrogens with one attached hydrogen (secondary N) is 1. The molecular formula is C22H26N6O2. The second-order valence-electron chi connectivity index (χ2n) is 8.06. The van der Waals surface area contributed by atoms with E-state index in [9.17, 15) is 9.59 Å². The van der Waals surface area contributed by atoms with E-state index in [0.29, 0.717) is 23.0 Å². The summed E-state index contributed by atoms with van der Waals surface area (Å²) in [7, 11) is 0. The Morgan fingerprint density at radius 2 is 1.77 bits per heavy atom. The SMILES string of the molecule is CC(C)Cn1nc(C(=O)NC2CCN(c3ncccn3)CC2)c2ccccc2c1=O. The highest BCUT2D eigenvalue weighted by Crippen LogP contribution is 2.18. The monoisotopic (exact) mass is 406 g/mol. The van der Waals surface area contributed by atoms with Crippen molar-refractivity contribution >= 4 is 22.6 Å². The van der Waals surface area contributed by atoms with Crippen molar-refractivity contribution in [2.45, 2.75) is 39.3 Å². The quantitative estimate of drug-likeness (QED) is 0.699. The Hall–Kier alpha value is -3.29. The van der Waals surface area contributed by atoms with E-state index in [-0.39, 0.29) is 23.4 Å². The third-order valence-corrected chi connectivity index (χ3v) is 5.29. The van der Waals surface area contributed by atoms with E-state index in [1.165, 1.54) is 4.68 Å². The van der Waals surface area contributed by atoms with Crippen molar-refractivity contribution in [3.05, 3.63) is 58.8 Å². The van der Waals surface area contributed by atoms with E-state index >= 15 is 0 Å². The van der Waals surface area contributed by atoms with Gasteiger partial charge in [-0.2, -0.15) is 5.10 Å². The molecule has 8 heteroatoms. The smallest absolute Gasteiger partial charge is 0.274 e. The van der Waals surface area contributed by atoms with Crippen molar-refractivity contribution < 1.29 is 4.79 Å². The number of rotatable bonds is 5. The van der Waals surface area contributed by atoms with Crippen molar-refractivity contribution in [3.8, 4) is 0 Å². The van der Waals surface area contributed by atoms with Crippen LogP contribution >= 0.6 is 0 Å². The number of carbonyl (C=O) groups excluding carboxylic acids is 1. The topological polar surface area (TPSA) is 93.0 Å². The molecule has 1 aliphatic rings. The molecule has 0 aliphatic carbocycles. The van der Waals surface area contributed by atoms with Gasteiger partial charge in [0, 0.05) is 43.5 Å². The van der Waals surface area contributed by atoms with Gasteiger partial charge in [0.2, 0.25) is 5.95 Å². The molecule has 2 aromatic heterocycles. The number of piperidine rings is 1. The van der Waals surface area contributed by atoms with Crippen LogP contribution in [0.1, 0.15) is 37.2 Å². The molecule has 0 saturated carbocycles. The maximum atomic E-state index is 13.1. The molecule has 3 heterocycles. The Labute approximate surface area is 175 Å². The van der Waals surface area contributed by atoms with Crippen molar-refractivity contribution in [2.24, 2.45) is 5.92 Å². The van der Waals surface area contributed by atoms with E-state index in [0.717, 1.165) is 31.9 Å². The third-order valence-electron chi connectivity index (χ3n) is 5.29. The van der Waals surface area contributed by atoms with Gasteiger partial charge >= 0.3 is 0 Å². The Morgan fingerprint density at radius 3 is 2.43 bits per heavy atom. The Kier molecular flexibility index (Phi) is 5.74. The molecule has 1 aromatic carbocycles. The Balaban J connectivity index is 1.52. The first-order valence-corrected chi connectivity index (χ1v) is 10.4. The molecule has 0 spiro atoms. The lowest BCUT2D eigenvalue weighted by atomic mass is 10.0. The van der Waals surface area contributed by atoms with Crippen LogP contribution in [-0.4, -0.2) is 44.8 Å². The predicted octanol–water partition coefficient (Wildman–Crippen LogP) is 2.24. The van der Waals surface area contributed by atoms with Crippen LogP contribution in [-0.2, 0) is 6.54 Å². The van der Waals surface area contributed by atoms with Crippen LogP contribution in [0.3, 0.4) is 0 Å². The molecule has 4 rings (SSSR count). The second kappa shape index (κ2) is 8.61. The zero-order valence-corrected chi connectivity index (χ0v) is 17.3. The Morgan fingerprint density at radius 1 is 1.10 bits per heavy atom. The number of anilines is 1. The van der Waals surface area contributed by atoms with E-state index in [2.05, 4.69) is 25.3 Å². The minimum Gasteiger partial charge on any atom is -0.348 e. The summed E-state index contributed by atoms with van der Waals surface area (Å²) in [6.07, 6.45) is 5.07. The van der Waals surface area contributed by atoms with E-state index in [1.54, 1.807) is 30.6 Å². The summed E-state index contributed by atoms with van der Waals surface area (Å²) in [4.78, 5) is 36.6. The zero-order chi connectivity index (χ0) is 21.1. The molecular weight excluding hydrogens is 380 g/mol. The fourth-order valence-electron chi connectivity index (χ4n) is 3.80. The molecule has 1 N–H and O–H groups in total. The summed E-state index contributed by atoms with van der Waals surface area (Å²) >= 11 is 0. The van der Waals surface area contributed by atoms with Crippen LogP contribution in [0.25, 0.3) is 10.8 Å². The molecule has 1 saturated heterocycles.